The Labute approximate surface area is 94.0 Å². The maximum atomic E-state index is 8.68. The van der Waals surface area contributed by atoms with E-state index in [1.807, 2.05) is 19.1 Å². The van der Waals surface area contributed by atoms with E-state index in [1.54, 1.807) is 24.5 Å². The molecule has 1 atom stereocenters. The molecule has 0 bridgehead atoms. The number of nitrogens with one attached hydrogen (secondary N) is 2. The maximum Gasteiger partial charge on any atom is 0.128 e. The smallest absolute Gasteiger partial charge is 0.128 e. The zero-order valence-electron chi connectivity index (χ0n) is 8.94. The molecule has 1 unspecified atom stereocenters. The lowest BCUT2D eigenvalue weighted by molar-refractivity contribution is 0.810. The number of H-pyrrole nitrogens is 1. The van der Waals surface area contributed by atoms with Gasteiger partial charge in [-0.15, -0.1) is 0 Å². The van der Waals surface area contributed by atoms with Crippen molar-refractivity contribution in [1.29, 1.82) is 5.26 Å². The Hall–Kier alpha value is -2.28. The molecule has 2 aromatic rings. The van der Waals surface area contributed by atoms with E-state index in [4.69, 9.17) is 5.26 Å². The molecule has 0 saturated heterocycles. The van der Waals surface area contributed by atoms with E-state index in [1.165, 1.54) is 0 Å². The van der Waals surface area contributed by atoms with E-state index in [0.29, 0.717) is 5.56 Å². The van der Waals surface area contributed by atoms with Gasteiger partial charge in [0, 0.05) is 18.1 Å². The molecule has 0 aliphatic carbocycles. The first kappa shape index (κ1) is 10.2. The molecule has 16 heavy (non-hydrogen) atoms. The molecular formula is C12H12N4. The number of imidazole rings is 1. The molecule has 0 radical (unpaired) electrons. The van der Waals surface area contributed by atoms with Gasteiger partial charge >= 0.3 is 0 Å². The molecule has 0 fully saturated rings. The van der Waals surface area contributed by atoms with Gasteiger partial charge in [-0.2, -0.15) is 5.26 Å². The highest BCUT2D eigenvalue weighted by Gasteiger charge is 2.06. The highest BCUT2D eigenvalue weighted by molar-refractivity contribution is 5.48. The van der Waals surface area contributed by atoms with Crippen molar-refractivity contribution in [2.24, 2.45) is 0 Å². The molecule has 0 amide bonds. The summed E-state index contributed by atoms with van der Waals surface area (Å²) >= 11 is 0. The second kappa shape index (κ2) is 4.49. The van der Waals surface area contributed by atoms with Crippen molar-refractivity contribution in [3.05, 3.63) is 48.0 Å². The summed E-state index contributed by atoms with van der Waals surface area (Å²) in [6, 6.07) is 9.55. The Morgan fingerprint density at radius 1 is 1.38 bits per heavy atom. The van der Waals surface area contributed by atoms with Gasteiger partial charge in [0.15, 0.2) is 0 Å². The second-order valence-corrected chi connectivity index (χ2v) is 3.53. The van der Waals surface area contributed by atoms with Crippen molar-refractivity contribution in [1.82, 2.24) is 9.97 Å². The van der Waals surface area contributed by atoms with E-state index in [-0.39, 0.29) is 6.04 Å². The molecule has 1 heterocycles. The van der Waals surface area contributed by atoms with Gasteiger partial charge in [0.2, 0.25) is 0 Å². The summed E-state index contributed by atoms with van der Waals surface area (Å²) in [6.07, 6.45) is 3.53. The van der Waals surface area contributed by atoms with Crippen LogP contribution in [0.5, 0.6) is 0 Å². The van der Waals surface area contributed by atoms with Gasteiger partial charge in [-0.3, -0.25) is 0 Å². The van der Waals surface area contributed by atoms with Crippen molar-refractivity contribution in [3.63, 3.8) is 0 Å². The lowest BCUT2D eigenvalue weighted by Gasteiger charge is -2.12. The van der Waals surface area contributed by atoms with E-state index in [2.05, 4.69) is 21.4 Å². The summed E-state index contributed by atoms with van der Waals surface area (Å²) in [5.41, 5.74) is 1.64. The maximum absolute atomic E-state index is 8.68. The van der Waals surface area contributed by atoms with Gasteiger partial charge in [0.05, 0.1) is 17.7 Å². The fourth-order valence-electron chi connectivity index (χ4n) is 1.47. The molecular weight excluding hydrogens is 200 g/mol. The minimum Gasteiger partial charge on any atom is -0.375 e. The van der Waals surface area contributed by atoms with E-state index < -0.39 is 0 Å². The van der Waals surface area contributed by atoms with Crippen LogP contribution in [0, 0.1) is 11.3 Å². The first-order valence-electron chi connectivity index (χ1n) is 5.05. The van der Waals surface area contributed by atoms with Gasteiger partial charge in [-0.05, 0) is 31.2 Å². The molecule has 0 aliphatic rings. The average molecular weight is 212 g/mol. The zero-order valence-corrected chi connectivity index (χ0v) is 8.94. The predicted molar refractivity (Wildman–Crippen MR) is 61.8 cm³/mol. The molecule has 1 aromatic heterocycles. The van der Waals surface area contributed by atoms with Crippen LogP contribution in [0.3, 0.4) is 0 Å². The molecule has 0 saturated carbocycles. The molecule has 4 heteroatoms. The average Bonchev–Trinajstić information content (AvgIpc) is 2.83. The summed E-state index contributed by atoms with van der Waals surface area (Å²) in [4.78, 5) is 7.23. The molecule has 4 nitrogen and oxygen atoms in total. The van der Waals surface area contributed by atoms with Crippen molar-refractivity contribution in [2.75, 3.05) is 5.32 Å². The molecule has 0 spiro atoms. The first-order chi connectivity index (χ1) is 7.79. The largest absolute Gasteiger partial charge is 0.375 e. The Morgan fingerprint density at radius 3 is 2.69 bits per heavy atom. The Morgan fingerprint density at radius 2 is 2.12 bits per heavy atom. The SMILES string of the molecule is CC(Nc1ccc(C#N)cc1)c1ncc[nH]1. The number of hydrogen-bond donors (Lipinski definition) is 2. The van der Waals surface area contributed by atoms with Crippen LogP contribution in [0.4, 0.5) is 5.69 Å². The third-order valence-electron chi connectivity index (χ3n) is 2.33. The third kappa shape index (κ3) is 2.20. The standard InChI is InChI=1S/C12H12N4/c1-9(12-14-6-7-15-12)16-11-4-2-10(8-13)3-5-11/h2-7,9,16H,1H3,(H,14,15). The minimum absolute atomic E-state index is 0.114. The van der Waals surface area contributed by atoms with Crippen molar-refractivity contribution < 1.29 is 0 Å². The Balaban J connectivity index is 2.07. The van der Waals surface area contributed by atoms with Crippen LogP contribution >= 0.6 is 0 Å². The van der Waals surface area contributed by atoms with Crippen LogP contribution in [0.2, 0.25) is 0 Å². The minimum atomic E-state index is 0.114. The van der Waals surface area contributed by atoms with Gasteiger partial charge in [-0.25, -0.2) is 4.98 Å². The number of nitriles is 1. The van der Waals surface area contributed by atoms with Crippen molar-refractivity contribution >= 4 is 5.69 Å². The molecule has 2 N–H and O–H groups in total. The van der Waals surface area contributed by atoms with E-state index >= 15 is 0 Å². The number of rotatable bonds is 3. The number of aromatic amines is 1. The van der Waals surface area contributed by atoms with Gasteiger partial charge in [0.25, 0.3) is 0 Å². The fraction of sp³-hybridized carbons (Fsp3) is 0.167. The monoisotopic (exact) mass is 212 g/mol. The lowest BCUT2D eigenvalue weighted by atomic mass is 10.2. The van der Waals surface area contributed by atoms with Crippen LogP contribution < -0.4 is 5.32 Å². The number of nitrogens with zero attached hydrogens (tertiary/aromatic N) is 2. The summed E-state index contributed by atoms with van der Waals surface area (Å²) in [5, 5.41) is 12.0. The summed E-state index contributed by atoms with van der Waals surface area (Å²) in [6.45, 7) is 2.02. The summed E-state index contributed by atoms with van der Waals surface area (Å²) < 4.78 is 0. The molecule has 2 rings (SSSR count). The number of aromatic nitrogens is 2. The van der Waals surface area contributed by atoms with Crippen LogP contribution in [0.25, 0.3) is 0 Å². The Bertz CT molecular complexity index is 479. The van der Waals surface area contributed by atoms with Crippen LogP contribution in [0.15, 0.2) is 36.7 Å². The second-order valence-electron chi connectivity index (χ2n) is 3.53. The summed E-state index contributed by atoms with van der Waals surface area (Å²) in [7, 11) is 0. The van der Waals surface area contributed by atoms with Gasteiger partial charge in [0.1, 0.15) is 5.82 Å². The van der Waals surface area contributed by atoms with Crippen LogP contribution in [-0.4, -0.2) is 9.97 Å². The van der Waals surface area contributed by atoms with Crippen LogP contribution in [0.1, 0.15) is 24.4 Å². The quantitative estimate of drug-likeness (QED) is 0.821. The van der Waals surface area contributed by atoms with Gasteiger partial charge < -0.3 is 10.3 Å². The molecule has 1 aromatic carbocycles. The number of benzene rings is 1. The lowest BCUT2D eigenvalue weighted by Crippen LogP contribution is -2.08. The normalized spacial score (nSPS) is 11.8. The Kier molecular flexibility index (Phi) is 2.88. The predicted octanol–water partition coefficient (Wildman–Crippen LogP) is 2.45. The van der Waals surface area contributed by atoms with Crippen molar-refractivity contribution in [3.8, 4) is 6.07 Å². The van der Waals surface area contributed by atoms with E-state index in [9.17, 15) is 0 Å². The zero-order chi connectivity index (χ0) is 11.4. The third-order valence-corrected chi connectivity index (χ3v) is 2.33. The highest BCUT2D eigenvalue weighted by atomic mass is 15.0. The van der Waals surface area contributed by atoms with Crippen LogP contribution in [-0.2, 0) is 0 Å². The van der Waals surface area contributed by atoms with E-state index in [0.717, 1.165) is 11.5 Å². The fourth-order valence-corrected chi connectivity index (χ4v) is 1.47. The summed E-state index contributed by atoms with van der Waals surface area (Å²) in [5.74, 6) is 0.893. The highest BCUT2D eigenvalue weighted by Crippen LogP contribution is 2.16. The number of anilines is 1. The topological polar surface area (TPSA) is 64.5 Å². The number of hydrogen-bond acceptors (Lipinski definition) is 3. The van der Waals surface area contributed by atoms with Crippen molar-refractivity contribution in [2.45, 2.75) is 13.0 Å². The molecule has 80 valence electrons. The first-order valence-corrected chi connectivity index (χ1v) is 5.05. The van der Waals surface area contributed by atoms with Gasteiger partial charge in [-0.1, -0.05) is 0 Å². The molecule has 0 aliphatic heterocycles.